The van der Waals surface area contributed by atoms with Gasteiger partial charge in [0.1, 0.15) is 22.3 Å². The Morgan fingerprint density at radius 3 is 2.53 bits per heavy atom. The molecule has 1 saturated heterocycles. The second-order valence-electron chi connectivity index (χ2n) is 13.7. The van der Waals surface area contributed by atoms with Gasteiger partial charge in [0.15, 0.2) is 5.82 Å². The maximum absolute atomic E-state index is 14.1. The number of aryl methyl sites for hydroxylation is 2. The van der Waals surface area contributed by atoms with Gasteiger partial charge in [-0.3, -0.25) is 9.59 Å². The molecule has 2 amide bonds. The second kappa shape index (κ2) is 14.0. The third-order valence-corrected chi connectivity index (χ3v) is 10.3. The van der Waals surface area contributed by atoms with Gasteiger partial charge in [0.05, 0.1) is 36.2 Å². The number of hydrogen-bond acceptors (Lipinski definition) is 7. The fourth-order valence-electron chi connectivity index (χ4n) is 7.16. The average Bonchev–Trinajstić information content (AvgIpc) is 3.61. The molecule has 2 aliphatic rings. The van der Waals surface area contributed by atoms with Crippen LogP contribution in [0.4, 0.5) is 22.0 Å². The molecule has 2 aliphatic heterocycles. The first kappa shape index (κ1) is 36.5. The first-order valence-electron chi connectivity index (χ1n) is 17.0. The third kappa shape index (κ3) is 6.87. The first-order valence-corrected chi connectivity index (χ1v) is 17.0. The smallest absolute Gasteiger partial charge is 0.402 e. The van der Waals surface area contributed by atoms with Crippen LogP contribution in [0.15, 0.2) is 30.3 Å². The molecule has 4 atom stereocenters. The number of imidazole rings is 1. The summed E-state index contributed by atoms with van der Waals surface area (Å²) in [6, 6.07) is 7.20. The highest BCUT2D eigenvalue weighted by Gasteiger charge is 2.56. The number of ether oxygens (including phenoxy) is 2. The molecule has 3 N–H and O–H groups in total. The van der Waals surface area contributed by atoms with E-state index in [2.05, 4.69) is 10.1 Å². The number of rotatable bonds is 5. The van der Waals surface area contributed by atoms with Crippen molar-refractivity contribution in [3.05, 3.63) is 41.6 Å². The quantitative estimate of drug-likeness (QED) is 0.239. The molecule has 1 fully saturated rings. The monoisotopic (exact) mass is 719 g/mol. The van der Waals surface area contributed by atoms with Gasteiger partial charge in [-0.15, -0.1) is 0 Å². The fraction of sp³-hybridized carbons (Fsp3) is 0.543. The molecule has 0 saturated carbocycles. The average molecular weight is 720 g/mol. The summed E-state index contributed by atoms with van der Waals surface area (Å²) in [7, 11) is 3.33. The Morgan fingerprint density at radius 1 is 1.10 bits per heavy atom. The van der Waals surface area contributed by atoms with Gasteiger partial charge in [-0.25, -0.2) is 9.97 Å². The number of methoxy groups -OCH3 is 1. The van der Waals surface area contributed by atoms with E-state index >= 15 is 0 Å². The normalized spacial score (nSPS) is 23.9. The maximum atomic E-state index is 14.1. The molecule has 0 spiro atoms. The number of fused-ring (bicyclic) bond motifs is 2. The summed E-state index contributed by atoms with van der Waals surface area (Å²) >= 11 is 0. The number of nitrogens with one attached hydrogen (secondary N) is 1. The number of hydrogen-bond donors (Lipinski definition) is 2. The Hall–Kier alpha value is -4.31. The Balaban J connectivity index is 1.37. The SMILES string of the molecule is COc1cc(C(=O)N2CC[C@@H](OC(F)F)[C@@H](N)C2)cc2nc(-c3cc4ccc5nc4n3CCCCCC[C@](C)(C(F)(F)F)C(=O)N[C@@H]5C)n(C)c12. The highest BCUT2D eigenvalue weighted by Crippen LogP contribution is 2.43. The molecule has 51 heavy (non-hydrogen) atoms. The molecule has 276 valence electrons. The standard InChI is InChI=1S/C35H42F5N7O4/c1-19-23-10-9-20-16-25(47(29(20)43-23)13-8-6-5-7-12-34(2,32(49)42-19)35(38,39)40)30-44-24-15-21(17-27(50-4)28(24)45(30)3)31(48)46-14-11-26(22(41)18-46)51-33(36)37/h9-10,15-17,19,22,26,33H,5-8,11-14,18,41H2,1-4H3,(H,42,49)/t19-,22+,26-,34+/m1/s1. The van der Waals surface area contributed by atoms with E-state index in [0.717, 1.165) is 18.0 Å². The minimum Gasteiger partial charge on any atom is -0.494 e. The van der Waals surface area contributed by atoms with E-state index in [-0.39, 0.29) is 38.3 Å². The van der Waals surface area contributed by atoms with Crippen LogP contribution in [0.25, 0.3) is 33.6 Å². The molecule has 3 aromatic heterocycles. The van der Waals surface area contributed by atoms with Crippen LogP contribution in [0.2, 0.25) is 0 Å². The number of aromatic nitrogens is 4. The summed E-state index contributed by atoms with van der Waals surface area (Å²) in [6.45, 7) is 0.385. The summed E-state index contributed by atoms with van der Waals surface area (Å²) in [5.41, 5.74) is 6.77. The van der Waals surface area contributed by atoms with Crippen LogP contribution in [0, 0.1) is 5.41 Å². The van der Waals surface area contributed by atoms with Crippen LogP contribution in [0.1, 0.15) is 74.5 Å². The van der Waals surface area contributed by atoms with Gasteiger partial charge in [-0.05, 0) is 63.4 Å². The lowest BCUT2D eigenvalue weighted by Gasteiger charge is -2.36. The van der Waals surface area contributed by atoms with Crippen molar-refractivity contribution in [2.45, 2.75) is 89.9 Å². The highest BCUT2D eigenvalue weighted by molar-refractivity contribution is 6.00. The number of alkyl halides is 5. The molecule has 6 rings (SSSR count). The summed E-state index contributed by atoms with van der Waals surface area (Å²) in [5, 5.41) is 3.35. The molecule has 11 nitrogen and oxygen atoms in total. The van der Waals surface area contributed by atoms with Crippen LogP contribution < -0.4 is 15.8 Å². The van der Waals surface area contributed by atoms with E-state index in [1.807, 2.05) is 28.3 Å². The van der Waals surface area contributed by atoms with Crippen molar-refractivity contribution in [2.24, 2.45) is 18.2 Å². The fourth-order valence-corrected chi connectivity index (χ4v) is 7.16. The van der Waals surface area contributed by atoms with Crippen molar-refractivity contribution < 1.29 is 41.0 Å². The zero-order valence-corrected chi connectivity index (χ0v) is 28.9. The number of nitrogens with zero attached hydrogens (tertiary/aromatic N) is 5. The topological polar surface area (TPSA) is 130 Å². The van der Waals surface area contributed by atoms with Gasteiger partial charge < -0.3 is 34.6 Å². The molecule has 2 bridgehead atoms. The van der Waals surface area contributed by atoms with Gasteiger partial charge in [-0.2, -0.15) is 22.0 Å². The summed E-state index contributed by atoms with van der Waals surface area (Å²) in [4.78, 5) is 38.0. The molecule has 0 aliphatic carbocycles. The van der Waals surface area contributed by atoms with E-state index in [0.29, 0.717) is 65.3 Å². The summed E-state index contributed by atoms with van der Waals surface area (Å²) in [5.74, 6) is -0.436. The minimum absolute atomic E-state index is 0.0447. The van der Waals surface area contributed by atoms with Crippen molar-refractivity contribution in [2.75, 3.05) is 20.2 Å². The predicted molar refractivity (Wildman–Crippen MR) is 179 cm³/mol. The van der Waals surface area contributed by atoms with Gasteiger partial charge in [-0.1, -0.05) is 19.3 Å². The number of carbonyl (C=O) groups is 2. The Morgan fingerprint density at radius 2 is 1.84 bits per heavy atom. The van der Waals surface area contributed by atoms with Gasteiger partial charge >= 0.3 is 12.8 Å². The van der Waals surface area contributed by atoms with Crippen LogP contribution in [-0.2, 0) is 23.1 Å². The Labute approximate surface area is 291 Å². The lowest BCUT2D eigenvalue weighted by Crippen LogP contribution is -2.54. The third-order valence-electron chi connectivity index (χ3n) is 10.3. The van der Waals surface area contributed by atoms with Crippen molar-refractivity contribution in [3.8, 4) is 17.3 Å². The minimum atomic E-state index is -4.70. The molecule has 4 aromatic rings. The number of pyridine rings is 1. The van der Waals surface area contributed by atoms with E-state index in [9.17, 15) is 31.5 Å². The van der Waals surface area contributed by atoms with Crippen LogP contribution in [0.3, 0.4) is 0 Å². The van der Waals surface area contributed by atoms with E-state index in [4.69, 9.17) is 20.4 Å². The van der Waals surface area contributed by atoms with E-state index in [1.54, 1.807) is 25.1 Å². The zero-order valence-electron chi connectivity index (χ0n) is 28.9. The number of likely N-dealkylation sites (tertiary alicyclic amines) is 1. The largest absolute Gasteiger partial charge is 0.494 e. The van der Waals surface area contributed by atoms with Crippen molar-refractivity contribution >= 4 is 33.9 Å². The first-order chi connectivity index (χ1) is 24.1. The Kier molecular flexibility index (Phi) is 10.0. The van der Waals surface area contributed by atoms with Crippen LogP contribution in [0.5, 0.6) is 5.75 Å². The molecule has 1 aromatic carbocycles. The predicted octanol–water partition coefficient (Wildman–Crippen LogP) is 6.09. The lowest BCUT2D eigenvalue weighted by atomic mass is 9.82. The molecule has 16 heteroatoms. The Bertz CT molecular complexity index is 1940. The van der Waals surface area contributed by atoms with Crippen LogP contribution >= 0.6 is 0 Å². The van der Waals surface area contributed by atoms with E-state index < -0.39 is 42.3 Å². The zero-order chi connectivity index (χ0) is 36.8. The van der Waals surface area contributed by atoms with Crippen molar-refractivity contribution in [1.82, 2.24) is 29.3 Å². The molecule has 0 unspecified atom stereocenters. The van der Waals surface area contributed by atoms with Gasteiger partial charge in [0, 0.05) is 43.7 Å². The number of amides is 2. The van der Waals surface area contributed by atoms with Crippen molar-refractivity contribution in [3.63, 3.8) is 0 Å². The number of nitrogens with two attached hydrogens (primary N) is 1. The van der Waals surface area contributed by atoms with Gasteiger partial charge in [0.25, 0.3) is 5.91 Å². The number of carbonyl (C=O) groups excluding carboxylic acids is 2. The molecular weight excluding hydrogens is 677 g/mol. The maximum Gasteiger partial charge on any atom is 0.402 e. The summed E-state index contributed by atoms with van der Waals surface area (Å²) in [6.07, 6.45) is -3.64. The summed E-state index contributed by atoms with van der Waals surface area (Å²) < 4.78 is 82.2. The van der Waals surface area contributed by atoms with Crippen LogP contribution in [-0.4, -0.2) is 80.9 Å². The van der Waals surface area contributed by atoms with E-state index in [1.165, 1.54) is 12.0 Å². The van der Waals surface area contributed by atoms with Gasteiger partial charge in [0.2, 0.25) is 5.91 Å². The number of benzene rings is 1. The number of piperidine rings is 1. The number of halogens is 5. The molecular formula is C35H42F5N7O4. The molecule has 0 radical (unpaired) electrons. The highest BCUT2D eigenvalue weighted by atomic mass is 19.4. The molecule has 5 heterocycles. The van der Waals surface area contributed by atoms with Crippen molar-refractivity contribution in [1.29, 1.82) is 0 Å². The lowest BCUT2D eigenvalue weighted by molar-refractivity contribution is -0.219. The second-order valence-corrected chi connectivity index (χ2v) is 13.7.